The minimum absolute atomic E-state index is 0.0884. The van der Waals surface area contributed by atoms with E-state index in [0.717, 1.165) is 24.0 Å². The Morgan fingerprint density at radius 3 is 2.80 bits per heavy atom. The van der Waals surface area contributed by atoms with Crippen molar-refractivity contribution < 1.29 is 4.39 Å². The molecule has 0 bridgehead atoms. The van der Waals surface area contributed by atoms with Gasteiger partial charge in [-0.15, -0.1) is 0 Å². The largest absolute Gasteiger partial charge is 0.368 e. The van der Waals surface area contributed by atoms with E-state index in [1.807, 2.05) is 6.07 Å². The summed E-state index contributed by atoms with van der Waals surface area (Å²) in [7, 11) is 0. The molecule has 0 saturated heterocycles. The summed E-state index contributed by atoms with van der Waals surface area (Å²) in [6, 6.07) is 3.61. The van der Waals surface area contributed by atoms with Crippen molar-refractivity contribution in [1.82, 2.24) is 15.0 Å². The van der Waals surface area contributed by atoms with Crippen molar-refractivity contribution in [2.45, 2.75) is 32.7 Å². The minimum atomic E-state index is -0.148. The van der Waals surface area contributed by atoms with Gasteiger partial charge in [-0.3, -0.25) is 0 Å². The molecule has 0 fully saturated rings. The van der Waals surface area contributed by atoms with E-state index >= 15 is 0 Å². The number of fused-ring (bicyclic) bond motifs is 1. The molecule has 1 aliphatic carbocycles. The van der Waals surface area contributed by atoms with Crippen LogP contribution < -0.4 is 11.1 Å². The Morgan fingerprint density at radius 2 is 2.05 bits per heavy atom. The Bertz CT molecular complexity index is 651. The maximum absolute atomic E-state index is 13.6. The van der Waals surface area contributed by atoms with Crippen LogP contribution in [0.15, 0.2) is 12.1 Å². The molecule has 20 heavy (non-hydrogen) atoms. The predicted octanol–water partition coefficient (Wildman–Crippen LogP) is 2.31. The molecule has 0 saturated carbocycles. The lowest BCUT2D eigenvalue weighted by atomic mass is 10.0. The van der Waals surface area contributed by atoms with Gasteiger partial charge in [0, 0.05) is 0 Å². The number of aromatic nitrogens is 3. The maximum atomic E-state index is 13.6. The smallest absolute Gasteiger partial charge is 0.228 e. The van der Waals surface area contributed by atoms with Gasteiger partial charge in [0.15, 0.2) is 0 Å². The molecule has 0 radical (unpaired) electrons. The van der Waals surface area contributed by atoms with Crippen LogP contribution in [0.2, 0.25) is 0 Å². The molecular weight excluding hydrogens is 257 g/mol. The SMILES string of the molecule is Cc1nc(N)nc(NC2CCc3cc(F)c(C)cc32)n1. The highest BCUT2D eigenvalue weighted by Crippen LogP contribution is 2.34. The molecule has 1 aromatic heterocycles. The number of aryl methyl sites for hydroxylation is 3. The number of nitrogens with two attached hydrogens (primary N) is 1. The number of nitrogens with one attached hydrogen (secondary N) is 1. The Morgan fingerprint density at radius 1 is 1.25 bits per heavy atom. The average Bonchev–Trinajstić information content (AvgIpc) is 2.71. The Hall–Kier alpha value is -2.24. The van der Waals surface area contributed by atoms with Crippen LogP contribution in [-0.4, -0.2) is 15.0 Å². The molecule has 1 heterocycles. The summed E-state index contributed by atoms with van der Waals surface area (Å²) in [6.45, 7) is 3.54. The lowest BCUT2D eigenvalue weighted by molar-refractivity contribution is 0.616. The number of benzene rings is 1. The topological polar surface area (TPSA) is 76.7 Å². The molecule has 1 atom stereocenters. The van der Waals surface area contributed by atoms with E-state index in [2.05, 4.69) is 20.3 Å². The molecule has 1 unspecified atom stereocenters. The monoisotopic (exact) mass is 273 g/mol. The zero-order chi connectivity index (χ0) is 14.3. The van der Waals surface area contributed by atoms with E-state index < -0.39 is 0 Å². The second kappa shape index (κ2) is 4.70. The van der Waals surface area contributed by atoms with E-state index in [1.54, 1.807) is 19.9 Å². The Balaban J connectivity index is 1.90. The van der Waals surface area contributed by atoms with Gasteiger partial charge in [0.05, 0.1) is 6.04 Å². The molecule has 6 heteroatoms. The number of nitrogens with zero attached hydrogens (tertiary/aromatic N) is 3. The van der Waals surface area contributed by atoms with E-state index in [4.69, 9.17) is 5.73 Å². The van der Waals surface area contributed by atoms with Crippen LogP contribution >= 0.6 is 0 Å². The molecule has 5 nitrogen and oxygen atoms in total. The number of rotatable bonds is 2. The third-order valence-electron chi connectivity index (χ3n) is 3.57. The number of hydrogen-bond acceptors (Lipinski definition) is 5. The van der Waals surface area contributed by atoms with Crippen LogP contribution in [0, 0.1) is 19.7 Å². The molecule has 3 N–H and O–H groups in total. The maximum Gasteiger partial charge on any atom is 0.228 e. The van der Waals surface area contributed by atoms with Crippen molar-refractivity contribution in [1.29, 1.82) is 0 Å². The second-order valence-corrected chi connectivity index (χ2v) is 5.10. The number of hydrogen-bond donors (Lipinski definition) is 2. The van der Waals surface area contributed by atoms with Gasteiger partial charge in [-0.25, -0.2) is 4.39 Å². The molecule has 0 aliphatic heterocycles. The van der Waals surface area contributed by atoms with Crippen molar-refractivity contribution in [2.75, 3.05) is 11.1 Å². The first-order chi connectivity index (χ1) is 9.52. The average molecular weight is 273 g/mol. The lowest BCUT2D eigenvalue weighted by Gasteiger charge is -2.15. The highest BCUT2D eigenvalue weighted by molar-refractivity contribution is 5.43. The first kappa shape index (κ1) is 12.8. The van der Waals surface area contributed by atoms with E-state index in [-0.39, 0.29) is 17.8 Å². The molecular formula is C14H16FN5. The minimum Gasteiger partial charge on any atom is -0.368 e. The molecule has 1 aromatic carbocycles. The van der Waals surface area contributed by atoms with Crippen LogP contribution in [0.25, 0.3) is 0 Å². The summed E-state index contributed by atoms with van der Waals surface area (Å²) in [5, 5.41) is 3.26. The number of halogens is 1. The zero-order valence-corrected chi connectivity index (χ0v) is 11.4. The molecule has 3 rings (SSSR count). The van der Waals surface area contributed by atoms with Gasteiger partial charge in [0.25, 0.3) is 0 Å². The van der Waals surface area contributed by atoms with E-state index in [1.165, 1.54) is 0 Å². The third-order valence-corrected chi connectivity index (χ3v) is 3.57. The number of anilines is 2. The van der Waals surface area contributed by atoms with Crippen molar-refractivity contribution in [3.8, 4) is 0 Å². The van der Waals surface area contributed by atoms with Gasteiger partial charge in [-0.05, 0) is 49.4 Å². The Labute approximate surface area is 116 Å². The highest BCUT2D eigenvalue weighted by Gasteiger charge is 2.24. The van der Waals surface area contributed by atoms with Crippen LogP contribution in [-0.2, 0) is 6.42 Å². The summed E-state index contributed by atoms with van der Waals surface area (Å²) in [4.78, 5) is 12.2. The fraction of sp³-hybridized carbons (Fsp3) is 0.357. The summed E-state index contributed by atoms with van der Waals surface area (Å²) in [5.41, 5.74) is 8.43. The predicted molar refractivity (Wildman–Crippen MR) is 74.8 cm³/mol. The standard InChI is InChI=1S/C14H16FN5/c1-7-5-10-9(6-11(7)15)3-4-12(10)19-14-18-8(2)17-13(16)20-14/h5-6,12H,3-4H2,1-2H3,(H3,16,17,18,19,20). The van der Waals surface area contributed by atoms with Crippen molar-refractivity contribution in [2.24, 2.45) is 0 Å². The summed E-state index contributed by atoms with van der Waals surface area (Å²) >= 11 is 0. The normalized spacial score (nSPS) is 17.1. The van der Waals surface area contributed by atoms with Crippen LogP contribution in [0.4, 0.5) is 16.3 Å². The fourth-order valence-corrected chi connectivity index (χ4v) is 2.61. The molecule has 1 aliphatic rings. The van der Waals surface area contributed by atoms with Gasteiger partial charge < -0.3 is 11.1 Å². The highest BCUT2D eigenvalue weighted by atomic mass is 19.1. The summed E-state index contributed by atoms with van der Waals surface area (Å²) in [6.07, 6.45) is 1.74. The van der Waals surface area contributed by atoms with Crippen LogP contribution in [0.3, 0.4) is 0 Å². The van der Waals surface area contributed by atoms with Gasteiger partial charge in [-0.1, -0.05) is 6.07 Å². The fourth-order valence-electron chi connectivity index (χ4n) is 2.61. The van der Waals surface area contributed by atoms with Crippen LogP contribution in [0.1, 0.15) is 35.0 Å². The van der Waals surface area contributed by atoms with Gasteiger partial charge >= 0.3 is 0 Å². The zero-order valence-electron chi connectivity index (χ0n) is 11.4. The molecule has 2 aromatic rings. The van der Waals surface area contributed by atoms with Crippen molar-refractivity contribution in [3.05, 3.63) is 40.5 Å². The molecule has 0 amide bonds. The van der Waals surface area contributed by atoms with Gasteiger partial charge in [0.2, 0.25) is 11.9 Å². The van der Waals surface area contributed by atoms with Crippen molar-refractivity contribution in [3.63, 3.8) is 0 Å². The summed E-state index contributed by atoms with van der Waals surface area (Å²) in [5.74, 6) is 1.10. The first-order valence-corrected chi connectivity index (χ1v) is 6.56. The van der Waals surface area contributed by atoms with Gasteiger partial charge in [0.1, 0.15) is 11.6 Å². The number of nitrogen functional groups attached to an aromatic ring is 1. The molecule has 104 valence electrons. The van der Waals surface area contributed by atoms with Crippen LogP contribution in [0.5, 0.6) is 0 Å². The second-order valence-electron chi connectivity index (χ2n) is 5.10. The summed E-state index contributed by atoms with van der Waals surface area (Å²) < 4.78 is 13.6. The quantitative estimate of drug-likeness (QED) is 0.878. The lowest BCUT2D eigenvalue weighted by Crippen LogP contribution is -2.12. The third kappa shape index (κ3) is 2.29. The first-order valence-electron chi connectivity index (χ1n) is 6.56. The Kier molecular flexibility index (Phi) is 3.00. The van der Waals surface area contributed by atoms with Gasteiger partial charge in [-0.2, -0.15) is 15.0 Å². The van der Waals surface area contributed by atoms with Crippen molar-refractivity contribution >= 4 is 11.9 Å². The molecule has 0 spiro atoms. The van der Waals surface area contributed by atoms with E-state index in [0.29, 0.717) is 17.3 Å². The van der Waals surface area contributed by atoms with E-state index in [9.17, 15) is 4.39 Å².